The summed E-state index contributed by atoms with van der Waals surface area (Å²) in [5.74, 6) is 0.00301. The second-order valence-corrected chi connectivity index (χ2v) is 9.51. The average Bonchev–Trinajstić information content (AvgIpc) is 2.50. The predicted molar refractivity (Wildman–Crippen MR) is 105 cm³/mol. The average molecular weight is 393 g/mol. The number of aliphatic hydroxyl groups excluding tert-OH is 1. The lowest BCUT2D eigenvalue weighted by atomic mass is 9.91. The van der Waals surface area contributed by atoms with Gasteiger partial charge in [-0.1, -0.05) is 67.9 Å². The summed E-state index contributed by atoms with van der Waals surface area (Å²) in [6, 6.07) is 15.0. The van der Waals surface area contributed by atoms with Crippen LogP contribution in [0.4, 0.5) is 0 Å². The van der Waals surface area contributed by atoms with E-state index < -0.39 is 0 Å². The number of aryl methyl sites for hydroxylation is 1. The predicted octanol–water partition coefficient (Wildman–Crippen LogP) is 6.03. The number of benzene rings is 2. The molecule has 1 atom stereocenters. The molecule has 0 aliphatic rings. The van der Waals surface area contributed by atoms with E-state index in [0.717, 1.165) is 10.9 Å². The topological polar surface area (TPSA) is 20.2 Å². The van der Waals surface area contributed by atoms with Crippen molar-refractivity contribution in [1.82, 2.24) is 0 Å². The van der Waals surface area contributed by atoms with E-state index in [1.54, 1.807) is 0 Å². The highest BCUT2D eigenvalue weighted by molar-refractivity contribution is 9.10. The summed E-state index contributed by atoms with van der Waals surface area (Å²) in [5.41, 5.74) is 3.67. The smallest absolute Gasteiger partial charge is 0.0540 e. The zero-order valence-electron chi connectivity index (χ0n) is 14.3. The minimum Gasteiger partial charge on any atom is -0.395 e. The van der Waals surface area contributed by atoms with Crippen LogP contribution in [0.15, 0.2) is 51.8 Å². The molecule has 0 aromatic heterocycles. The Morgan fingerprint density at radius 1 is 1.09 bits per heavy atom. The fourth-order valence-corrected chi connectivity index (χ4v) is 4.08. The zero-order chi connectivity index (χ0) is 17.0. The molecule has 0 heterocycles. The quantitative estimate of drug-likeness (QED) is 0.626. The number of hydrogen-bond donors (Lipinski definition) is 1. The summed E-state index contributed by atoms with van der Waals surface area (Å²) in [7, 11) is 0. The van der Waals surface area contributed by atoms with Crippen LogP contribution in [0.5, 0.6) is 0 Å². The minimum atomic E-state index is 0.00301. The first-order valence-electron chi connectivity index (χ1n) is 8.02. The Balaban J connectivity index is 2.44. The van der Waals surface area contributed by atoms with Gasteiger partial charge in [0.25, 0.3) is 0 Å². The molecule has 3 heteroatoms. The van der Waals surface area contributed by atoms with Crippen molar-refractivity contribution in [2.75, 3.05) is 6.61 Å². The van der Waals surface area contributed by atoms with Crippen LogP contribution in [0.25, 0.3) is 0 Å². The van der Waals surface area contributed by atoms with E-state index >= 15 is 0 Å². The second-order valence-electron chi connectivity index (χ2n) is 6.73. The van der Waals surface area contributed by atoms with E-state index in [-0.39, 0.29) is 17.3 Å². The molecular formula is C20H25BrOS. The lowest BCUT2D eigenvalue weighted by molar-refractivity contribution is 0.279. The van der Waals surface area contributed by atoms with E-state index in [0.29, 0.717) is 0 Å². The highest BCUT2D eigenvalue weighted by atomic mass is 79.9. The fraction of sp³-hybridized carbons (Fsp3) is 0.400. The van der Waals surface area contributed by atoms with Crippen LogP contribution in [0.1, 0.15) is 50.3 Å². The lowest BCUT2D eigenvalue weighted by Crippen LogP contribution is -2.11. The van der Waals surface area contributed by atoms with E-state index in [1.165, 1.54) is 21.6 Å². The standard InChI is InChI=1S/C20H25BrOS/c1-5-14-6-8-15(9-7-14)18(13-22)17-12-16(21)10-11-19(17)23-20(2,3)4/h6-12,18,22H,5,13H2,1-4H3. The van der Waals surface area contributed by atoms with Gasteiger partial charge >= 0.3 is 0 Å². The Labute approximate surface area is 152 Å². The van der Waals surface area contributed by atoms with E-state index in [9.17, 15) is 5.11 Å². The lowest BCUT2D eigenvalue weighted by Gasteiger charge is -2.24. The molecule has 1 nitrogen and oxygen atoms in total. The Kier molecular flexibility index (Phi) is 6.35. The fourth-order valence-electron chi connectivity index (χ4n) is 2.58. The van der Waals surface area contributed by atoms with Crippen LogP contribution in [0, 0.1) is 0 Å². The molecule has 1 N–H and O–H groups in total. The molecule has 0 aliphatic carbocycles. The summed E-state index contributed by atoms with van der Waals surface area (Å²) in [5, 5.41) is 10.0. The molecule has 0 aliphatic heterocycles. The van der Waals surface area contributed by atoms with Crippen molar-refractivity contribution in [2.45, 2.75) is 49.7 Å². The van der Waals surface area contributed by atoms with Gasteiger partial charge in [-0.25, -0.2) is 0 Å². The van der Waals surface area contributed by atoms with Crippen LogP contribution in [0.3, 0.4) is 0 Å². The van der Waals surface area contributed by atoms with Gasteiger partial charge in [0.1, 0.15) is 0 Å². The first kappa shape index (κ1) is 18.6. The largest absolute Gasteiger partial charge is 0.395 e. The Hall–Kier alpha value is -0.770. The van der Waals surface area contributed by atoms with Crippen LogP contribution in [0.2, 0.25) is 0 Å². The monoisotopic (exact) mass is 392 g/mol. The van der Waals surface area contributed by atoms with Gasteiger partial charge in [0.2, 0.25) is 0 Å². The van der Waals surface area contributed by atoms with Gasteiger partial charge in [0, 0.05) is 20.0 Å². The summed E-state index contributed by atoms with van der Waals surface area (Å²) in [6.07, 6.45) is 1.03. The third-order valence-electron chi connectivity index (χ3n) is 3.74. The maximum absolute atomic E-state index is 10.0. The van der Waals surface area contributed by atoms with E-state index in [2.05, 4.69) is 86.1 Å². The van der Waals surface area contributed by atoms with Crippen molar-refractivity contribution in [2.24, 2.45) is 0 Å². The third kappa shape index (κ3) is 5.10. The maximum atomic E-state index is 10.0. The van der Waals surface area contributed by atoms with Gasteiger partial charge in [0.15, 0.2) is 0 Å². The van der Waals surface area contributed by atoms with E-state index in [1.807, 2.05) is 11.8 Å². The second kappa shape index (κ2) is 7.87. The molecule has 1 unspecified atom stereocenters. The maximum Gasteiger partial charge on any atom is 0.0540 e. The SMILES string of the molecule is CCc1ccc(C(CO)c2cc(Br)ccc2SC(C)(C)C)cc1. The van der Waals surface area contributed by atoms with Gasteiger partial charge in [-0.2, -0.15) is 0 Å². The number of halogens is 1. The molecule has 0 fully saturated rings. The van der Waals surface area contributed by atoms with E-state index in [4.69, 9.17) is 0 Å². The molecule has 2 rings (SSSR count). The molecule has 0 spiro atoms. The first-order chi connectivity index (χ1) is 10.8. The third-order valence-corrected chi connectivity index (χ3v) is 5.43. The minimum absolute atomic E-state index is 0.00301. The van der Waals surface area contributed by atoms with Gasteiger partial charge in [-0.05, 0) is 41.3 Å². The Morgan fingerprint density at radius 3 is 2.26 bits per heavy atom. The van der Waals surface area contributed by atoms with Gasteiger partial charge in [-0.3, -0.25) is 0 Å². The molecular weight excluding hydrogens is 368 g/mol. The van der Waals surface area contributed by atoms with Crippen LogP contribution in [-0.4, -0.2) is 16.5 Å². The molecule has 0 radical (unpaired) electrons. The Morgan fingerprint density at radius 2 is 1.74 bits per heavy atom. The molecule has 23 heavy (non-hydrogen) atoms. The van der Waals surface area contributed by atoms with Crippen molar-refractivity contribution < 1.29 is 5.11 Å². The molecule has 0 saturated heterocycles. The van der Waals surface area contributed by atoms with Crippen molar-refractivity contribution in [1.29, 1.82) is 0 Å². The zero-order valence-corrected chi connectivity index (χ0v) is 16.7. The summed E-state index contributed by atoms with van der Waals surface area (Å²) >= 11 is 5.43. The van der Waals surface area contributed by atoms with Crippen molar-refractivity contribution in [3.8, 4) is 0 Å². The van der Waals surface area contributed by atoms with Crippen LogP contribution in [-0.2, 0) is 6.42 Å². The highest BCUT2D eigenvalue weighted by Gasteiger charge is 2.21. The molecule has 124 valence electrons. The molecule has 2 aromatic carbocycles. The van der Waals surface area contributed by atoms with Crippen molar-refractivity contribution in [3.63, 3.8) is 0 Å². The number of aliphatic hydroxyl groups is 1. The molecule has 2 aromatic rings. The number of thioether (sulfide) groups is 1. The van der Waals surface area contributed by atoms with Crippen molar-refractivity contribution in [3.05, 3.63) is 63.6 Å². The molecule has 0 bridgehead atoms. The summed E-state index contributed by atoms with van der Waals surface area (Å²) in [6.45, 7) is 8.92. The van der Waals surface area contributed by atoms with Crippen molar-refractivity contribution >= 4 is 27.7 Å². The van der Waals surface area contributed by atoms with Gasteiger partial charge in [-0.15, -0.1) is 11.8 Å². The number of hydrogen-bond acceptors (Lipinski definition) is 2. The summed E-state index contributed by atoms with van der Waals surface area (Å²) < 4.78 is 1.18. The van der Waals surface area contributed by atoms with Gasteiger partial charge < -0.3 is 5.11 Å². The molecule has 0 amide bonds. The normalized spacial score (nSPS) is 13.1. The first-order valence-corrected chi connectivity index (χ1v) is 9.63. The molecule has 0 saturated carbocycles. The van der Waals surface area contributed by atoms with Crippen LogP contribution < -0.4 is 0 Å². The highest BCUT2D eigenvalue weighted by Crippen LogP contribution is 2.40. The summed E-state index contributed by atoms with van der Waals surface area (Å²) in [4.78, 5) is 1.24. The van der Waals surface area contributed by atoms with Crippen LogP contribution >= 0.6 is 27.7 Å². The Bertz CT molecular complexity index is 644. The van der Waals surface area contributed by atoms with Gasteiger partial charge in [0.05, 0.1) is 6.61 Å². The number of rotatable bonds is 5.